The molecule has 12 heteroatoms. The highest BCUT2D eigenvalue weighted by molar-refractivity contribution is 8.00. The molecular weight excluding hydrogens is 550 g/mol. The van der Waals surface area contributed by atoms with Gasteiger partial charge < -0.3 is 29.6 Å². The third kappa shape index (κ3) is 6.77. The number of benzene rings is 2. The molecule has 0 atom stereocenters. The summed E-state index contributed by atoms with van der Waals surface area (Å²) in [7, 11) is 1.60. The molecule has 0 radical (unpaired) electrons. The molecule has 0 amide bonds. The van der Waals surface area contributed by atoms with Gasteiger partial charge in [0, 0.05) is 48.7 Å². The van der Waals surface area contributed by atoms with E-state index in [2.05, 4.69) is 14.6 Å². The molecule has 0 unspecified atom stereocenters. The number of rotatable bonds is 12. The van der Waals surface area contributed by atoms with Crippen molar-refractivity contribution in [1.82, 2.24) is 15.0 Å². The molecule has 5 rings (SSSR count). The Morgan fingerprint density at radius 1 is 1.10 bits per heavy atom. The molecule has 0 spiro atoms. The zero-order chi connectivity index (χ0) is 28.6. The van der Waals surface area contributed by atoms with Gasteiger partial charge in [0.2, 0.25) is 0 Å². The number of fused-ring (bicyclic) bond motifs is 1. The molecule has 1 aliphatic heterocycles. The Bertz CT molecular complexity index is 1470. The number of methoxy groups -OCH3 is 1. The minimum atomic E-state index is -0.416. The van der Waals surface area contributed by atoms with Crippen molar-refractivity contribution in [3.8, 4) is 28.3 Å². The molecule has 41 heavy (non-hydrogen) atoms. The number of halogens is 2. The van der Waals surface area contributed by atoms with Crippen LogP contribution in [0.1, 0.15) is 6.42 Å². The Labute approximate surface area is 241 Å². The van der Waals surface area contributed by atoms with Crippen LogP contribution < -0.4 is 20.1 Å². The van der Waals surface area contributed by atoms with Crippen LogP contribution in [0.15, 0.2) is 48.7 Å². The third-order valence-electron chi connectivity index (χ3n) is 6.52. The zero-order valence-corrected chi connectivity index (χ0v) is 23.6. The first-order chi connectivity index (χ1) is 20.1. The van der Waals surface area contributed by atoms with E-state index in [0.29, 0.717) is 96.2 Å². The van der Waals surface area contributed by atoms with Gasteiger partial charge in [-0.05, 0) is 42.3 Å². The first kappa shape index (κ1) is 28.8. The number of nitrogens with one attached hydrogen (secondary N) is 1. The fourth-order valence-corrected chi connectivity index (χ4v) is 5.13. The topological polar surface area (TPSA) is 108 Å². The van der Waals surface area contributed by atoms with Gasteiger partial charge in [0.25, 0.3) is 0 Å². The van der Waals surface area contributed by atoms with Gasteiger partial charge >= 0.3 is 0 Å². The normalized spacial score (nSPS) is 13.5. The number of ether oxygens (including phenoxy) is 3. The van der Waals surface area contributed by atoms with Crippen molar-refractivity contribution in [1.29, 1.82) is 0 Å². The van der Waals surface area contributed by atoms with Crippen molar-refractivity contribution in [2.45, 2.75) is 6.42 Å². The van der Waals surface area contributed by atoms with Crippen LogP contribution in [0.2, 0.25) is 0 Å². The summed E-state index contributed by atoms with van der Waals surface area (Å²) in [4.78, 5) is 16.2. The van der Waals surface area contributed by atoms with E-state index in [-0.39, 0.29) is 6.61 Å². The highest BCUT2D eigenvalue weighted by atomic mass is 32.2. The number of nitrogens with two attached hydrogens (primary N) is 1. The highest BCUT2D eigenvalue weighted by Crippen LogP contribution is 2.39. The summed E-state index contributed by atoms with van der Waals surface area (Å²) >= 11 is 1.27. The van der Waals surface area contributed by atoms with Gasteiger partial charge in [-0.1, -0.05) is 24.1 Å². The first-order valence-electron chi connectivity index (χ1n) is 13.3. The molecule has 2 aromatic heterocycles. The minimum Gasteiger partial charge on any atom is -0.489 e. The second kappa shape index (κ2) is 13.7. The lowest BCUT2D eigenvalue weighted by atomic mass is 10.0. The summed E-state index contributed by atoms with van der Waals surface area (Å²) in [5.41, 5.74) is 8.43. The van der Waals surface area contributed by atoms with Crippen molar-refractivity contribution in [3.63, 3.8) is 0 Å². The monoisotopic (exact) mass is 582 g/mol. The Hall–Kier alpha value is -3.74. The van der Waals surface area contributed by atoms with E-state index in [0.717, 1.165) is 5.39 Å². The van der Waals surface area contributed by atoms with Crippen LogP contribution in [0.3, 0.4) is 0 Å². The van der Waals surface area contributed by atoms with Crippen molar-refractivity contribution in [2.24, 2.45) is 0 Å². The van der Waals surface area contributed by atoms with Gasteiger partial charge in [-0.3, -0.25) is 4.39 Å². The molecule has 9 nitrogen and oxygen atoms in total. The fourth-order valence-electron chi connectivity index (χ4n) is 4.46. The molecular formula is C29H32F2N6O3S. The van der Waals surface area contributed by atoms with Crippen LogP contribution in [0, 0.1) is 5.82 Å². The van der Waals surface area contributed by atoms with Gasteiger partial charge in [-0.25, -0.2) is 19.3 Å². The van der Waals surface area contributed by atoms with Crippen molar-refractivity contribution in [3.05, 3.63) is 54.5 Å². The Kier molecular flexibility index (Phi) is 9.65. The van der Waals surface area contributed by atoms with E-state index in [9.17, 15) is 4.39 Å². The maximum atomic E-state index is 15.8. The average molecular weight is 583 g/mol. The SMILES string of the molecule is COCCOc1cc(-c2cccc(NSCCCF)c2F)cc2c(N3CCOCC3)nc(-c3ccc(N)nc3)nc12. The van der Waals surface area contributed by atoms with E-state index in [1.54, 1.807) is 43.6 Å². The number of hydrogen-bond donors (Lipinski definition) is 2. The van der Waals surface area contributed by atoms with E-state index in [4.69, 9.17) is 29.9 Å². The summed E-state index contributed by atoms with van der Waals surface area (Å²) < 4.78 is 48.3. The van der Waals surface area contributed by atoms with Crippen LogP contribution in [-0.2, 0) is 9.47 Å². The number of nitrogens with zero attached hydrogens (tertiary/aromatic N) is 4. The Morgan fingerprint density at radius 3 is 2.71 bits per heavy atom. The van der Waals surface area contributed by atoms with Crippen molar-refractivity contribution >= 4 is 40.2 Å². The maximum Gasteiger partial charge on any atom is 0.163 e. The van der Waals surface area contributed by atoms with Gasteiger partial charge in [-0.15, -0.1) is 0 Å². The number of nitrogen functional groups attached to an aromatic ring is 1. The number of pyridine rings is 1. The number of hydrogen-bond acceptors (Lipinski definition) is 10. The zero-order valence-electron chi connectivity index (χ0n) is 22.7. The van der Waals surface area contributed by atoms with Crippen LogP contribution in [0.4, 0.5) is 26.1 Å². The molecule has 1 saturated heterocycles. The lowest BCUT2D eigenvalue weighted by Crippen LogP contribution is -2.37. The van der Waals surface area contributed by atoms with Crippen LogP contribution in [-0.4, -0.2) is 74.0 Å². The second-order valence-electron chi connectivity index (χ2n) is 9.31. The molecule has 0 saturated carbocycles. The fraction of sp³-hybridized carbons (Fsp3) is 0.345. The van der Waals surface area contributed by atoms with Crippen LogP contribution in [0.25, 0.3) is 33.4 Å². The lowest BCUT2D eigenvalue weighted by molar-refractivity contribution is 0.122. The van der Waals surface area contributed by atoms with Crippen LogP contribution in [0.5, 0.6) is 5.75 Å². The van der Waals surface area contributed by atoms with Crippen molar-refractivity contribution in [2.75, 3.05) is 74.4 Å². The van der Waals surface area contributed by atoms with Crippen LogP contribution >= 0.6 is 11.9 Å². The molecule has 216 valence electrons. The summed E-state index contributed by atoms with van der Waals surface area (Å²) in [6.07, 6.45) is 2.03. The first-order valence-corrected chi connectivity index (χ1v) is 14.3. The van der Waals surface area contributed by atoms with Crippen molar-refractivity contribution < 1.29 is 23.0 Å². The second-order valence-corrected chi connectivity index (χ2v) is 10.2. The van der Waals surface area contributed by atoms with Gasteiger partial charge in [0.15, 0.2) is 11.6 Å². The summed E-state index contributed by atoms with van der Waals surface area (Å²) in [5.74, 6) is 2.15. The summed E-state index contributed by atoms with van der Waals surface area (Å²) in [6, 6.07) is 12.4. The molecule has 1 aliphatic rings. The molecule has 2 aromatic carbocycles. The highest BCUT2D eigenvalue weighted by Gasteiger charge is 2.22. The minimum absolute atomic E-state index is 0.278. The quantitative estimate of drug-likeness (QED) is 0.167. The number of alkyl halides is 1. The van der Waals surface area contributed by atoms with Gasteiger partial charge in [0.05, 0.1) is 32.2 Å². The number of anilines is 3. The smallest absolute Gasteiger partial charge is 0.163 e. The molecule has 3 heterocycles. The standard InChI is InChI=1S/C29H32F2N6O3S/c1-38-13-14-40-24-17-20(21-4-2-5-23(26(21)31)36-41-15-3-8-30)16-22-27(24)34-28(19-6-7-25(32)33-18-19)35-29(22)37-9-11-39-12-10-37/h2,4-7,16-18,36H,3,8-15H2,1H3,(H2,32,33). The van der Waals surface area contributed by atoms with Gasteiger partial charge in [-0.2, -0.15) is 0 Å². The largest absolute Gasteiger partial charge is 0.489 e. The van der Waals surface area contributed by atoms with E-state index < -0.39 is 12.5 Å². The number of morpholine rings is 1. The third-order valence-corrected chi connectivity index (χ3v) is 7.37. The Balaban J connectivity index is 1.66. The van der Waals surface area contributed by atoms with E-state index in [1.807, 2.05) is 12.1 Å². The molecule has 3 N–H and O–H groups in total. The number of aromatic nitrogens is 3. The lowest BCUT2D eigenvalue weighted by Gasteiger charge is -2.29. The van der Waals surface area contributed by atoms with E-state index >= 15 is 4.39 Å². The summed E-state index contributed by atoms with van der Waals surface area (Å²) in [6.45, 7) is 2.63. The molecule has 0 aliphatic carbocycles. The maximum absolute atomic E-state index is 15.8. The molecule has 1 fully saturated rings. The average Bonchev–Trinajstić information content (AvgIpc) is 3.00. The molecule has 4 aromatic rings. The summed E-state index contributed by atoms with van der Waals surface area (Å²) in [5, 5.41) is 0.721. The molecule has 0 bridgehead atoms. The van der Waals surface area contributed by atoms with Gasteiger partial charge in [0.1, 0.15) is 29.5 Å². The predicted octanol–water partition coefficient (Wildman–Crippen LogP) is 5.36. The predicted molar refractivity (Wildman–Crippen MR) is 160 cm³/mol. The Morgan fingerprint density at radius 2 is 1.95 bits per heavy atom. The van der Waals surface area contributed by atoms with E-state index in [1.165, 1.54) is 11.9 Å².